The molecule has 0 bridgehead atoms. The molecule has 1 saturated heterocycles. The molecule has 0 spiro atoms. The second-order valence-corrected chi connectivity index (χ2v) is 5.44. The molecule has 3 rings (SSSR count). The first-order chi connectivity index (χ1) is 11.2. The molecular weight excluding hydrogens is 316 g/mol. The summed E-state index contributed by atoms with van der Waals surface area (Å²) in [6.07, 6.45) is 3.04. The third-order valence-corrected chi connectivity index (χ3v) is 3.97. The lowest BCUT2D eigenvalue weighted by Gasteiger charge is -2.36. The lowest BCUT2D eigenvalue weighted by Crippen LogP contribution is -2.47. The summed E-state index contributed by atoms with van der Waals surface area (Å²) >= 11 is 6.23. The molecule has 2 aromatic rings. The fourth-order valence-electron chi connectivity index (χ4n) is 2.49. The molecule has 8 heteroatoms. The normalized spacial score (nSPS) is 14.5. The van der Waals surface area contributed by atoms with Crippen molar-refractivity contribution in [3.63, 3.8) is 0 Å². The van der Waals surface area contributed by atoms with E-state index in [0.29, 0.717) is 22.3 Å². The number of pyridine rings is 1. The molecule has 2 aromatic heterocycles. The molecule has 0 saturated carbocycles. The second kappa shape index (κ2) is 6.67. The summed E-state index contributed by atoms with van der Waals surface area (Å²) in [6, 6.07) is 5.50. The van der Waals surface area contributed by atoms with Gasteiger partial charge < -0.3 is 14.5 Å². The van der Waals surface area contributed by atoms with Crippen LogP contribution in [0.3, 0.4) is 0 Å². The molecule has 118 valence electrons. The highest BCUT2D eigenvalue weighted by Gasteiger charge is 2.21. The number of halogens is 1. The van der Waals surface area contributed by atoms with E-state index in [2.05, 4.69) is 24.8 Å². The minimum atomic E-state index is 0.463. The Bertz CT molecular complexity index is 739. The summed E-state index contributed by atoms with van der Waals surface area (Å²) in [7, 11) is 1.59. The quantitative estimate of drug-likeness (QED) is 0.848. The zero-order chi connectivity index (χ0) is 16.2. The van der Waals surface area contributed by atoms with Crippen LogP contribution in [-0.2, 0) is 0 Å². The highest BCUT2D eigenvalue weighted by molar-refractivity contribution is 6.33. The molecular formula is C15H15ClN6O. The molecule has 0 unspecified atom stereocenters. The fraction of sp³-hybridized carbons (Fsp3) is 0.333. The van der Waals surface area contributed by atoms with E-state index in [1.165, 1.54) is 6.33 Å². The van der Waals surface area contributed by atoms with Gasteiger partial charge in [0.25, 0.3) is 0 Å². The lowest BCUT2D eigenvalue weighted by atomic mass is 10.2. The van der Waals surface area contributed by atoms with Crippen LogP contribution in [-0.4, -0.2) is 48.2 Å². The van der Waals surface area contributed by atoms with Crippen molar-refractivity contribution in [3.05, 3.63) is 35.2 Å². The molecule has 1 aliphatic heterocycles. The number of methoxy groups -OCH3 is 1. The molecule has 1 aliphatic rings. The molecule has 0 atom stereocenters. The first kappa shape index (κ1) is 15.3. The number of piperazine rings is 1. The molecule has 0 radical (unpaired) electrons. The summed E-state index contributed by atoms with van der Waals surface area (Å²) in [5.41, 5.74) is 0.463. The van der Waals surface area contributed by atoms with Gasteiger partial charge >= 0.3 is 0 Å². The maximum absolute atomic E-state index is 8.88. The van der Waals surface area contributed by atoms with Crippen molar-refractivity contribution in [2.45, 2.75) is 0 Å². The summed E-state index contributed by atoms with van der Waals surface area (Å²) in [6.45, 7) is 3.12. The van der Waals surface area contributed by atoms with E-state index in [1.807, 2.05) is 12.1 Å². The summed E-state index contributed by atoms with van der Waals surface area (Å²) in [5, 5.41) is 9.38. The van der Waals surface area contributed by atoms with E-state index in [-0.39, 0.29) is 0 Å². The Morgan fingerprint density at radius 1 is 1.13 bits per heavy atom. The van der Waals surface area contributed by atoms with Gasteiger partial charge in [0.2, 0.25) is 5.88 Å². The smallest absolute Gasteiger partial charge is 0.218 e. The Morgan fingerprint density at radius 2 is 1.87 bits per heavy atom. The average molecular weight is 331 g/mol. The highest BCUT2D eigenvalue weighted by Crippen LogP contribution is 2.26. The molecule has 0 amide bonds. The number of ether oxygens (including phenoxy) is 1. The first-order valence-electron chi connectivity index (χ1n) is 7.13. The molecule has 0 aromatic carbocycles. The standard InChI is InChI=1S/C15H15ClN6O/c1-23-14-7-13(19-10-20-14)21-2-4-22(5-3-21)15-12(16)6-11(8-17)9-18-15/h6-7,9-10H,2-5H2,1H3. The van der Waals surface area contributed by atoms with Crippen LogP contribution in [0.4, 0.5) is 11.6 Å². The minimum Gasteiger partial charge on any atom is -0.481 e. The Labute approximate surface area is 139 Å². The minimum absolute atomic E-state index is 0.463. The monoisotopic (exact) mass is 330 g/mol. The largest absolute Gasteiger partial charge is 0.481 e. The Balaban J connectivity index is 1.70. The van der Waals surface area contributed by atoms with Gasteiger partial charge in [-0.2, -0.15) is 5.26 Å². The van der Waals surface area contributed by atoms with Gasteiger partial charge in [0.05, 0.1) is 17.7 Å². The number of hydrogen-bond acceptors (Lipinski definition) is 7. The maximum atomic E-state index is 8.88. The van der Waals surface area contributed by atoms with Crippen LogP contribution >= 0.6 is 11.6 Å². The van der Waals surface area contributed by atoms with Crippen molar-refractivity contribution in [2.75, 3.05) is 43.1 Å². The van der Waals surface area contributed by atoms with Crippen LogP contribution in [0.25, 0.3) is 0 Å². The van der Waals surface area contributed by atoms with Crippen LogP contribution in [0.2, 0.25) is 5.02 Å². The van der Waals surface area contributed by atoms with Crippen LogP contribution in [0, 0.1) is 11.3 Å². The van der Waals surface area contributed by atoms with E-state index in [1.54, 1.807) is 19.4 Å². The van der Waals surface area contributed by atoms with E-state index >= 15 is 0 Å². The van der Waals surface area contributed by atoms with Crippen molar-refractivity contribution in [2.24, 2.45) is 0 Å². The summed E-state index contributed by atoms with van der Waals surface area (Å²) in [4.78, 5) is 16.9. The SMILES string of the molecule is COc1cc(N2CCN(c3ncc(C#N)cc3Cl)CC2)ncn1. The third-order valence-electron chi connectivity index (χ3n) is 3.69. The zero-order valence-electron chi connectivity index (χ0n) is 12.6. The summed E-state index contributed by atoms with van der Waals surface area (Å²) < 4.78 is 5.13. The topological polar surface area (TPSA) is 78.2 Å². The number of anilines is 2. The molecule has 3 heterocycles. The predicted octanol–water partition coefficient (Wildman–Crippen LogP) is 1.73. The molecule has 1 fully saturated rings. The number of hydrogen-bond donors (Lipinski definition) is 0. The van der Waals surface area contributed by atoms with Gasteiger partial charge in [0.15, 0.2) is 0 Å². The van der Waals surface area contributed by atoms with E-state index in [0.717, 1.165) is 32.0 Å². The molecule has 7 nitrogen and oxygen atoms in total. The van der Waals surface area contributed by atoms with Crippen molar-refractivity contribution >= 4 is 23.2 Å². The Hall–Kier alpha value is -2.59. The second-order valence-electron chi connectivity index (χ2n) is 5.03. The average Bonchev–Trinajstić information content (AvgIpc) is 2.62. The maximum Gasteiger partial charge on any atom is 0.218 e. The van der Waals surface area contributed by atoms with E-state index in [4.69, 9.17) is 21.6 Å². The highest BCUT2D eigenvalue weighted by atomic mass is 35.5. The number of rotatable bonds is 3. The van der Waals surface area contributed by atoms with Gasteiger partial charge in [-0.3, -0.25) is 0 Å². The Morgan fingerprint density at radius 3 is 2.52 bits per heavy atom. The van der Waals surface area contributed by atoms with Crippen LogP contribution in [0.15, 0.2) is 24.7 Å². The van der Waals surface area contributed by atoms with E-state index in [9.17, 15) is 0 Å². The number of aromatic nitrogens is 3. The Kier molecular flexibility index (Phi) is 4.44. The third kappa shape index (κ3) is 3.27. The lowest BCUT2D eigenvalue weighted by molar-refractivity contribution is 0.396. The van der Waals surface area contributed by atoms with Crippen LogP contribution in [0.1, 0.15) is 5.56 Å². The van der Waals surface area contributed by atoms with Gasteiger partial charge in [-0.05, 0) is 6.07 Å². The van der Waals surface area contributed by atoms with Gasteiger partial charge in [0.1, 0.15) is 24.0 Å². The number of nitriles is 1. The van der Waals surface area contributed by atoms with Gasteiger partial charge in [-0.1, -0.05) is 11.6 Å². The molecule has 0 N–H and O–H groups in total. The van der Waals surface area contributed by atoms with Crippen molar-refractivity contribution < 1.29 is 4.74 Å². The van der Waals surface area contributed by atoms with Crippen LogP contribution in [0.5, 0.6) is 5.88 Å². The molecule has 0 aliphatic carbocycles. The summed E-state index contributed by atoms with van der Waals surface area (Å²) in [5.74, 6) is 2.11. The first-order valence-corrected chi connectivity index (χ1v) is 7.50. The van der Waals surface area contributed by atoms with Gasteiger partial charge in [0, 0.05) is 38.4 Å². The van der Waals surface area contributed by atoms with Gasteiger partial charge in [-0.25, -0.2) is 15.0 Å². The van der Waals surface area contributed by atoms with Crippen molar-refractivity contribution in [3.8, 4) is 11.9 Å². The predicted molar refractivity (Wildman–Crippen MR) is 87.0 cm³/mol. The van der Waals surface area contributed by atoms with Crippen molar-refractivity contribution in [1.29, 1.82) is 5.26 Å². The number of nitrogens with zero attached hydrogens (tertiary/aromatic N) is 6. The zero-order valence-corrected chi connectivity index (χ0v) is 13.4. The van der Waals surface area contributed by atoms with Gasteiger partial charge in [-0.15, -0.1) is 0 Å². The van der Waals surface area contributed by atoms with E-state index < -0.39 is 0 Å². The fourth-order valence-corrected chi connectivity index (χ4v) is 2.77. The van der Waals surface area contributed by atoms with Crippen molar-refractivity contribution in [1.82, 2.24) is 15.0 Å². The molecule has 23 heavy (non-hydrogen) atoms. The van der Waals surface area contributed by atoms with Crippen LogP contribution < -0.4 is 14.5 Å².